The molecule has 39 heavy (non-hydrogen) atoms. The van der Waals surface area contributed by atoms with Gasteiger partial charge in [-0.2, -0.15) is 5.10 Å². The van der Waals surface area contributed by atoms with E-state index in [1.54, 1.807) is 7.11 Å². The molecule has 196 valence electrons. The number of aromatic nitrogens is 3. The molecule has 0 unspecified atom stereocenters. The van der Waals surface area contributed by atoms with E-state index in [9.17, 15) is 4.79 Å². The lowest BCUT2D eigenvalue weighted by molar-refractivity contribution is 0.194. The van der Waals surface area contributed by atoms with Crippen LogP contribution >= 0.6 is 0 Å². The second-order valence-electron chi connectivity index (χ2n) is 10.0. The smallest absolute Gasteiger partial charge is 0.322 e. The molecule has 0 spiro atoms. The third-order valence-corrected chi connectivity index (χ3v) is 7.25. The van der Waals surface area contributed by atoms with Gasteiger partial charge in [-0.05, 0) is 86.0 Å². The van der Waals surface area contributed by atoms with Crippen LogP contribution in [0.25, 0.3) is 11.5 Å². The maximum Gasteiger partial charge on any atom is 0.322 e. The highest BCUT2D eigenvalue weighted by molar-refractivity contribution is 5.90. The number of amides is 2. The van der Waals surface area contributed by atoms with Gasteiger partial charge in [-0.1, -0.05) is 36.4 Å². The van der Waals surface area contributed by atoms with E-state index < -0.39 is 0 Å². The Kier molecular flexibility index (Phi) is 6.19. The Morgan fingerprint density at radius 2 is 1.64 bits per heavy atom. The average Bonchev–Trinajstić information content (AvgIpc) is 3.49. The fourth-order valence-electron chi connectivity index (χ4n) is 5.53. The molecule has 1 atom stereocenters. The summed E-state index contributed by atoms with van der Waals surface area (Å²) < 4.78 is 9.57. The van der Waals surface area contributed by atoms with Crippen LogP contribution < -0.4 is 10.1 Å². The number of nitrogens with zero attached hydrogens (tertiary/aromatic N) is 4. The monoisotopic (exact) mass is 517 g/mol. The molecule has 2 amide bonds. The van der Waals surface area contributed by atoms with Crippen molar-refractivity contribution in [2.45, 2.75) is 33.4 Å². The molecule has 7 heteroatoms. The van der Waals surface area contributed by atoms with Gasteiger partial charge in [-0.15, -0.1) is 0 Å². The Bertz CT molecular complexity index is 1630. The first kappa shape index (κ1) is 24.6. The maximum atomic E-state index is 14.1. The Hall–Kier alpha value is -4.78. The number of aryl methyl sites for hydroxylation is 3. The number of rotatable bonds is 4. The normalized spacial score (nSPS) is 14.4. The topological polar surface area (TPSA) is 64.3 Å². The van der Waals surface area contributed by atoms with E-state index in [4.69, 9.17) is 9.84 Å². The standard InChI is InChI=1S/C32H31N5O2/c1-21-17-22(2)19-25(18-21)33-32(38)36-20-28-23(3)34-37(26-9-6-5-7-10-26)31(28)35-16-8-11-29(35)30(36)24-12-14-27(39-4)15-13-24/h5-19,30H,20H2,1-4H3,(H,33,38)/t30-/m1/s1. The van der Waals surface area contributed by atoms with Crippen LogP contribution in [-0.4, -0.2) is 32.4 Å². The van der Waals surface area contributed by atoms with E-state index in [1.165, 1.54) is 0 Å². The van der Waals surface area contributed by atoms with Crippen LogP contribution in [0, 0.1) is 20.8 Å². The second-order valence-corrected chi connectivity index (χ2v) is 10.0. The molecule has 7 nitrogen and oxygen atoms in total. The van der Waals surface area contributed by atoms with Gasteiger partial charge >= 0.3 is 6.03 Å². The number of carbonyl (C=O) groups excluding carboxylic acids is 1. The molecule has 1 aliphatic rings. The van der Waals surface area contributed by atoms with E-state index in [-0.39, 0.29) is 12.1 Å². The number of carbonyl (C=O) groups is 1. The van der Waals surface area contributed by atoms with Gasteiger partial charge < -0.3 is 19.5 Å². The van der Waals surface area contributed by atoms with Crippen LogP contribution in [0.3, 0.4) is 0 Å². The Morgan fingerprint density at radius 1 is 0.923 bits per heavy atom. The van der Waals surface area contributed by atoms with Crippen LogP contribution in [0.4, 0.5) is 10.5 Å². The van der Waals surface area contributed by atoms with Crippen molar-refractivity contribution in [2.24, 2.45) is 0 Å². The first-order valence-corrected chi connectivity index (χ1v) is 13.0. The zero-order valence-corrected chi connectivity index (χ0v) is 22.6. The number of methoxy groups -OCH3 is 1. The number of ether oxygens (including phenoxy) is 1. The fourth-order valence-corrected chi connectivity index (χ4v) is 5.53. The molecule has 1 aliphatic heterocycles. The summed E-state index contributed by atoms with van der Waals surface area (Å²) >= 11 is 0. The largest absolute Gasteiger partial charge is 0.497 e. The fraction of sp³-hybridized carbons (Fsp3) is 0.188. The van der Waals surface area contributed by atoms with Crippen LogP contribution in [0.2, 0.25) is 0 Å². The highest BCUT2D eigenvalue weighted by Gasteiger charge is 2.36. The van der Waals surface area contributed by atoms with Crippen molar-refractivity contribution in [1.82, 2.24) is 19.2 Å². The van der Waals surface area contributed by atoms with Gasteiger partial charge in [0.1, 0.15) is 11.6 Å². The van der Waals surface area contributed by atoms with Crippen LogP contribution in [0.1, 0.15) is 39.7 Å². The lowest BCUT2D eigenvalue weighted by Crippen LogP contribution is -2.38. The van der Waals surface area contributed by atoms with Gasteiger partial charge in [0.25, 0.3) is 0 Å². The van der Waals surface area contributed by atoms with E-state index in [0.717, 1.165) is 56.6 Å². The van der Waals surface area contributed by atoms with Gasteiger partial charge in [-0.25, -0.2) is 9.48 Å². The molecule has 0 saturated carbocycles. The first-order valence-electron chi connectivity index (χ1n) is 13.0. The summed E-state index contributed by atoms with van der Waals surface area (Å²) in [5.41, 5.74) is 7.81. The zero-order chi connectivity index (χ0) is 27.1. The first-order chi connectivity index (χ1) is 18.9. The number of nitrogens with one attached hydrogen (secondary N) is 1. The molecule has 1 N–H and O–H groups in total. The molecule has 5 aromatic rings. The molecule has 0 fully saturated rings. The average molecular weight is 518 g/mol. The highest BCUT2D eigenvalue weighted by atomic mass is 16.5. The molecule has 0 bridgehead atoms. The van der Waals surface area contributed by atoms with Crippen LogP contribution in [-0.2, 0) is 6.54 Å². The molecular weight excluding hydrogens is 486 g/mol. The third-order valence-electron chi connectivity index (χ3n) is 7.25. The molecule has 0 radical (unpaired) electrons. The van der Waals surface area contributed by atoms with Gasteiger partial charge in [0.05, 0.1) is 36.8 Å². The van der Waals surface area contributed by atoms with Crippen LogP contribution in [0.5, 0.6) is 5.75 Å². The number of urea groups is 1. The maximum absolute atomic E-state index is 14.1. The number of benzene rings is 3. The number of hydrogen-bond donors (Lipinski definition) is 1. The number of anilines is 1. The molecular formula is C32H31N5O2. The van der Waals surface area contributed by atoms with Crippen molar-refractivity contribution in [1.29, 1.82) is 0 Å². The van der Waals surface area contributed by atoms with Crippen LogP contribution in [0.15, 0.2) is 91.1 Å². The minimum Gasteiger partial charge on any atom is -0.497 e. The lowest BCUT2D eigenvalue weighted by Gasteiger charge is -2.31. The predicted molar refractivity (Wildman–Crippen MR) is 153 cm³/mol. The quantitative estimate of drug-likeness (QED) is 0.287. The SMILES string of the molecule is COc1ccc([C@@H]2c3cccn3-c3c(c(C)nn3-c3ccccc3)CN2C(=O)Nc2cc(C)cc(C)c2)cc1. The highest BCUT2D eigenvalue weighted by Crippen LogP contribution is 2.39. The summed E-state index contributed by atoms with van der Waals surface area (Å²) in [6.45, 7) is 6.47. The van der Waals surface area contributed by atoms with Crippen molar-refractivity contribution >= 4 is 11.7 Å². The van der Waals surface area contributed by atoms with E-state index >= 15 is 0 Å². The summed E-state index contributed by atoms with van der Waals surface area (Å²) in [7, 11) is 1.66. The Balaban J connectivity index is 1.52. The number of fused-ring (bicyclic) bond motifs is 3. The summed E-state index contributed by atoms with van der Waals surface area (Å²) in [6.07, 6.45) is 2.05. The molecule has 0 saturated heterocycles. The minimum atomic E-state index is -0.340. The van der Waals surface area contributed by atoms with Gasteiger partial charge in [0, 0.05) is 17.4 Å². The van der Waals surface area contributed by atoms with E-state index in [2.05, 4.69) is 28.2 Å². The van der Waals surface area contributed by atoms with Gasteiger partial charge in [0.2, 0.25) is 0 Å². The summed E-state index contributed by atoms with van der Waals surface area (Å²) in [5, 5.41) is 8.11. The minimum absolute atomic E-state index is 0.173. The second kappa shape index (κ2) is 9.83. The zero-order valence-electron chi connectivity index (χ0n) is 22.6. The lowest BCUT2D eigenvalue weighted by atomic mass is 10.0. The molecule has 0 aliphatic carbocycles. The molecule has 3 heterocycles. The summed E-state index contributed by atoms with van der Waals surface area (Å²) in [4.78, 5) is 16.0. The predicted octanol–water partition coefficient (Wildman–Crippen LogP) is 6.73. The van der Waals surface area contributed by atoms with Crippen molar-refractivity contribution in [3.05, 3.63) is 125 Å². The van der Waals surface area contributed by atoms with Crippen molar-refractivity contribution in [3.8, 4) is 17.3 Å². The Morgan fingerprint density at radius 3 is 2.33 bits per heavy atom. The van der Waals surface area contributed by atoms with Gasteiger partial charge in [-0.3, -0.25) is 0 Å². The molecule has 3 aromatic carbocycles. The number of para-hydroxylation sites is 1. The van der Waals surface area contributed by atoms with E-state index in [1.807, 2.05) is 103 Å². The van der Waals surface area contributed by atoms with Crippen molar-refractivity contribution < 1.29 is 9.53 Å². The third kappa shape index (κ3) is 4.46. The van der Waals surface area contributed by atoms with Crippen molar-refractivity contribution in [3.63, 3.8) is 0 Å². The molecule has 6 rings (SSSR count). The summed E-state index contributed by atoms with van der Waals surface area (Å²) in [5.74, 6) is 1.71. The van der Waals surface area contributed by atoms with E-state index in [0.29, 0.717) is 6.54 Å². The Labute approximate surface area is 228 Å². The van der Waals surface area contributed by atoms with Gasteiger partial charge in [0.15, 0.2) is 0 Å². The van der Waals surface area contributed by atoms with Crippen molar-refractivity contribution in [2.75, 3.05) is 12.4 Å². The molecule has 2 aromatic heterocycles. The number of hydrogen-bond acceptors (Lipinski definition) is 3. The summed E-state index contributed by atoms with van der Waals surface area (Å²) in [6, 6.07) is 27.8.